The van der Waals surface area contributed by atoms with E-state index in [1.54, 1.807) is 0 Å². The number of carboxylic acid groups (broad SMARTS) is 1. The van der Waals surface area contributed by atoms with E-state index in [1.807, 2.05) is 0 Å². The van der Waals surface area contributed by atoms with Crippen molar-refractivity contribution in [2.75, 3.05) is 24.2 Å². The molecule has 1 aliphatic rings. The Kier molecular flexibility index (Phi) is 6.44. The first-order chi connectivity index (χ1) is 14.8. The Bertz CT molecular complexity index is 1090. The fourth-order valence-electron chi connectivity index (χ4n) is 3.42. The van der Waals surface area contributed by atoms with Crippen LogP contribution in [-0.4, -0.2) is 45.6 Å². The van der Waals surface area contributed by atoms with Crippen LogP contribution in [0.2, 0.25) is 0 Å². The largest absolute Gasteiger partial charge is 0.573 e. The lowest BCUT2D eigenvalue weighted by molar-refractivity contribution is -0.274. The van der Waals surface area contributed by atoms with Gasteiger partial charge in [0.1, 0.15) is 23.3 Å². The molecular weight excluding hydrogens is 453 g/mol. The average molecular weight is 473 g/mol. The first kappa shape index (κ1) is 23.5. The molecule has 3 rings (SSSR count). The molecule has 0 radical (unpaired) electrons. The molecule has 1 atom stereocenters. The number of nitrogens with zero attached hydrogens (tertiary/aromatic N) is 2. The maximum Gasteiger partial charge on any atom is 0.573 e. The van der Waals surface area contributed by atoms with Gasteiger partial charge >= 0.3 is 6.36 Å². The van der Waals surface area contributed by atoms with E-state index < -0.39 is 34.3 Å². The highest BCUT2D eigenvalue weighted by molar-refractivity contribution is 7.92. The normalized spacial score (nSPS) is 16.7. The van der Waals surface area contributed by atoms with Crippen LogP contribution in [0.25, 0.3) is 0 Å². The van der Waals surface area contributed by atoms with Gasteiger partial charge in [-0.25, -0.2) is 8.42 Å². The molecule has 2 aromatic carbocycles. The molecule has 12 heteroatoms. The first-order valence-corrected chi connectivity index (χ1v) is 11.3. The van der Waals surface area contributed by atoms with Crippen molar-refractivity contribution in [3.05, 3.63) is 48.0 Å². The van der Waals surface area contributed by atoms with Crippen molar-refractivity contribution in [3.8, 4) is 17.2 Å². The summed E-state index contributed by atoms with van der Waals surface area (Å²) in [4.78, 5) is 12.7. The standard InChI is InChI=1S/C20H21F3N2O6S/c1-24(32(2,28)29)13-5-10-18(16(12-13)17-4-3-11-25(17)19(26)27)30-14-6-8-15(9-7-14)31-20(21,22)23/h5-10,12,17H,3-4,11H2,1-2H3,(H,26,27)/p-1. The number of rotatable bonds is 6. The third-order valence-electron chi connectivity index (χ3n) is 4.99. The van der Waals surface area contributed by atoms with Crippen LogP contribution in [0.5, 0.6) is 17.2 Å². The Morgan fingerprint density at radius 2 is 1.78 bits per heavy atom. The zero-order chi connectivity index (χ0) is 23.7. The third kappa shape index (κ3) is 5.55. The number of benzene rings is 2. The predicted molar refractivity (Wildman–Crippen MR) is 107 cm³/mol. The van der Waals surface area contributed by atoms with Crippen LogP contribution >= 0.6 is 0 Å². The highest BCUT2D eigenvalue weighted by Gasteiger charge is 2.31. The first-order valence-electron chi connectivity index (χ1n) is 9.44. The van der Waals surface area contributed by atoms with Crippen LogP contribution < -0.4 is 18.9 Å². The highest BCUT2D eigenvalue weighted by atomic mass is 32.2. The number of halogens is 3. The molecular formula is C20H20F3N2O6S-. The molecule has 174 valence electrons. The molecule has 1 saturated heterocycles. The van der Waals surface area contributed by atoms with Gasteiger partial charge in [-0.05, 0) is 55.3 Å². The molecule has 8 nitrogen and oxygen atoms in total. The minimum absolute atomic E-state index is 0.183. The molecule has 0 saturated carbocycles. The van der Waals surface area contributed by atoms with E-state index in [1.165, 1.54) is 37.4 Å². The van der Waals surface area contributed by atoms with E-state index in [4.69, 9.17) is 4.74 Å². The summed E-state index contributed by atoms with van der Waals surface area (Å²) in [5, 5.41) is 11.5. The van der Waals surface area contributed by atoms with Gasteiger partial charge in [-0.2, -0.15) is 0 Å². The lowest BCUT2D eigenvalue weighted by Gasteiger charge is -2.29. The molecule has 1 amide bonds. The van der Waals surface area contributed by atoms with Gasteiger partial charge in [-0.3, -0.25) is 4.31 Å². The summed E-state index contributed by atoms with van der Waals surface area (Å²) in [5.41, 5.74) is 0.712. The van der Waals surface area contributed by atoms with Gasteiger partial charge in [-0.15, -0.1) is 13.2 Å². The van der Waals surface area contributed by atoms with E-state index in [9.17, 15) is 31.5 Å². The van der Waals surface area contributed by atoms with Crippen molar-refractivity contribution in [3.63, 3.8) is 0 Å². The van der Waals surface area contributed by atoms with Crippen LogP contribution in [-0.2, 0) is 10.0 Å². The maximum absolute atomic E-state index is 12.3. The van der Waals surface area contributed by atoms with Gasteiger partial charge < -0.3 is 24.3 Å². The SMILES string of the molecule is CN(c1ccc(Oc2ccc(OC(F)(F)F)cc2)c(C2CCCN2C(=O)[O-])c1)S(C)(=O)=O. The zero-order valence-electron chi connectivity index (χ0n) is 17.1. The Labute approximate surface area is 182 Å². The molecule has 0 bridgehead atoms. The molecule has 1 heterocycles. The summed E-state index contributed by atoms with van der Waals surface area (Å²) >= 11 is 0. The number of amides is 1. The molecule has 1 aliphatic heterocycles. The maximum atomic E-state index is 12.3. The van der Waals surface area contributed by atoms with Gasteiger partial charge in [0.15, 0.2) is 0 Å². The van der Waals surface area contributed by atoms with Gasteiger partial charge in [0.25, 0.3) is 0 Å². The molecule has 1 fully saturated rings. The van der Waals surface area contributed by atoms with Crippen LogP contribution in [0, 0.1) is 0 Å². The highest BCUT2D eigenvalue weighted by Crippen LogP contribution is 2.41. The fourth-order valence-corrected chi connectivity index (χ4v) is 3.92. The van der Waals surface area contributed by atoms with Crippen molar-refractivity contribution in [2.24, 2.45) is 0 Å². The molecule has 1 unspecified atom stereocenters. The van der Waals surface area contributed by atoms with Crippen LogP contribution in [0.1, 0.15) is 24.4 Å². The zero-order valence-corrected chi connectivity index (χ0v) is 17.9. The number of hydrogen-bond acceptors (Lipinski definition) is 6. The summed E-state index contributed by atoms with van der Waals surface area (Å²) in [6.45, 7) is 0.252. The number of anilines is 1. The molecule has 32 heavy (non-hydrogen) atoms. The van der Waals surface area contributed by atoms with Crippen LogP contribution in [0.15, 0.2) is 42.5 Å². The number of sulfonamides is 1. The summed E-state index contributed by atoms with van der Waals surface area (Å²) in [6.07, 6.45) is -4.12. The van der Waals surface area contributed by atoms with Crippen molar-refractivity contribution in [2.45, 2.75) is 25.2 Å². The van der Waals surface area contributed by atoms with Gasteiger partial charge in [0, 0.05) is 19.2 Å². The van der Waals surface area contributed by atoms with Crippen molar-refractivity contribution in [1.29, 1.82) is 0 Å². The predicted octanol–water partition coefficient (Wildman–Crippen LogP) is 3.25. The van der Waals surface area contributed by atoms with Gasteiger partial charge in [-0.1, -0.05) is 0 Å². The minimum atomic E-state index is -4.83. The van der Waals surface area contributed by atoms with Crippen LogP contribution in [0.3, 0.4) is 0 Å². The minimum Gasteiger partial charge on any atom is -0.530 e. The van der Waals surface area contributed by atoms with E-state index in [0.29, 0.717) is 24.1 Å². The van der Waals surface area contributed by atoms with Crippen molar-refractivity contribution in [1.82, 2.24) is 4.90 Å². The Morgan fingerprint density at radius 3 is 2.34 bits per heavy atom. The number of ether oxygens (including phenoxy) is 2. The van der Waals surface area contributed by atoms with Gasteiger partial charge in [0.2, 0.25) is 10.0 Å². The molecule has 2 aromatic rings. The summed E-state index contributed by atoms with van der Waals surface area (Å²) in [7, 11) is -2.21. The lowest BCUT2D eigenvalue weighted by Crippen LogP contribution is -2.40. The molecule has 0 N–H and O–H groups in total. The van der Waals surface area contributed by atoms with E-state index in [-0.39, 0.29) is 18.0 Å². The van der Waals surface area contributed by atoms with Crippen molar-refractivity contribution >= 4 is 21.8 Å². The summed E-state index contributed by atoms with van der Waals surface area (Å²) < 4.78 is 71.6. The lowest BCUT2D eigenvalue weighted by atomic mass is 10.0. The molecule has 0 aromatic heterocycles. The fraction of sp³-hybridized carbons (Fsp3) is 0.350. The second-order valence-corrected chi connectivity index (χ2v) is 9.20. The topological polar surface area (TPSA) is 99.2 Å². The summed E-state index contributed by atoms with van der Waals surface area (Å²) in [6, 6.07) is 8.56. The molecule has 0 aliphatic carbocycles. The van der Waals surface area contributed by atoms with Gasteiger partial charge in [0.05, 0.1) is 18.0 Å². The Balaban J connectivity index is 1.96. The van der Waals surface area contributed by atoms with Crippen LogP contribution in [0.4, 0.5) is 23.7 Å². The number of hydrogen-bond donors (Lipinski definition) is 0. The number of carbonyl (C=O) groups is 1. The number of likely N-dealkylation sites (tertiary alicyclic amines) is 1. The average Bonchev–Trinajstić information content (AvgIpc) is 3.17. The molecule has 0 spiro atoms. The second-order valence-electron chi connectivity index (χ2n) is 7.19. The Hall–Kier alpha value is -3.15. The quantitative estimate of drug-likeness (QED) is 0.639. The third-order valence-corrected chi connectivity index (χ3v) is 6.19. The monoisotopic (exact) mass is 473 g/mol. The Morgan fingerprint density at radius 1 is 1.16 bits per heavy atom. The van der Waals surface area contributed by atoms with Crippen molar-refractivity contribution < 1.29 is 41.0 Å². The number of alkyl halides is 3. The smallest absolute Gasteiger partial charge is 0.530 e. The second kappa shape index (κ2) is 8.77. The number of carbonyl (C=O) groups excluding carboxylic acids is 1. The van der Waals surface area contributed by atoms with E-state index in [2.05, 4.69) is 4.74 Å². The van der Waals surface area contributed by atoms with E-state index >= 15 is 0 Å². The van der Waals surface area contributed by atoms with E-state index in [0.717, 1.165) is 27.6 Å². The summed E-state index contributed by atoms with van der Waals surface area (Å²) in [5.74, 6) is -0.00426.